The molecule has 2 rings (SSSR count). The summed E-state index contributed by atoms with van der Waals surface area (Å²) in [6.45, 7) is 3.43. The molecule has 0 amide bonds. The molecule has 1 aromatic rings. The summed E-state index contributed by atoms with van der Waals surface area (Å²) in [5.74, 6) is 0.936. The Labute approximate surface area is 91.6 Å². The Balaban J connectivity index is 2.03. The molecule has 0 bridgehead atoms. The predicted octanol–water partition coefficient (Wildman–Crippen LogP) is 2.38. The maximum absolute atomic E-state index is 5.15. The van der Waals surface area contributed by atoms with Gasteiger partial charge in [-0.25, -0.2) is 0 Å². The number of rotatable bonds is 4. The maximum atomic E-state index is 5.15. The highest BCUT2D eigenvalue weighted by atomic mass is 16.5. The van der Waals surface area contributed by atoms with Gasteiger partial charge < -0.3 is 10.1 Å². The van der Waals surface area contributed by atoms with Gasteiger partial charge in [0.1, 0.15) is 5.75 Å². The minimum absolute atomic E-state index is 0.370. The van der Waals surface area contributed by atoms with E-state index in [0.29, 0.717) is 5.54 Å². The molecule has 1 N–H and O–H groups in total. The Morgan fingerprint density at radius 3 is 2.40 bits per heavy atom. The van der Waals surface area contributed by atoms with Crippen molar-refractivity contribution in [1.29, 1.82) is 0 Å². The summed E-state index contributed by atoms with van der Waals surface area (Å²) >= 11 is 0. The molecule has 1 aliphatic rings. The van der Waals surface area contributed by atoms with E-state index in [1.165, 1.54) is 24.9 Å². The normalized spacial score (nSPS) is 24.7. The summed E-state index contributed by atoms with van der Waals surface area (Å²) in [7, 11) is 1.70. The molecule has 2 heteroatoms. The van der Waals surface area contributed by atoms with Crippen molar-refractivity contribution < 1.29 is 4.74 Å². The largest absolute Gasteiger partial charge is 0.497 e. The van der Waals surface area contributed by atoms with Crippen molar-refractivity contribution in [2.24, 2.45) is 0 Å². The summed E-state index contributed by atoms with van der Waals surface area (Å²) in [5.41, 5.74) is 1.76. The van der Waals surface area contributed by atoms with Crippen molar-refractivity contribution in [3.05, 3.63) is 29.8 Å². The van der Waals surface area contributed by atoms with E-state index in [1.54, 1.807) is 7.11 Å². The molecule has 0 saturated carbocycles. The quantitative estimate of drug-likeness (QED) is 0.815. The third-order valence-electron chi connectivity index (χ3n) is 3.48. The molecule has 82 valence electrons. The van der Waals surface area contributed by atoms with Crippen LogP contribution in [0.5, 0.6) is 5.75 Å². The molecule has 0 aromatic heterocycles. The van der Waals surface area contributed by atoms with E-state index in [9.17, 15) is 0 Å². The summed E-state index contributed by atoms with van der Waals surface area (Å²) in [4.78, 5) is 0. The maximum Gasteiger partial charge on any atom is 0.118 e. The minimum atomic E-state index is 0.370. The van der Waals surface area contributed by atoms with E-state index in [0.717, 1.165) is 12.2 Å². The lowest BCUT2D eigenvalue weighted by Gasteiger charge is -2.43. The van der Waals surface area contributed by atoms with E-state index in [1.807, 2.05) is 12.1 Å². The first-order valence-electron chi connectivity index (χ1n) is 5.66. The van der Waals surface area contributed by atoms with Crippen molar-refractivity contribution in [2.45, 2.75) is 31.7 Å². The van der Waals surface area contributed by atoms with Crippen LogP contribution in [-0.4, -0.2) is 19.2 Å². The molecule has 0 aliphatic carbocycles. The van der Waals surface area contributed by atoms with Crippen LogP contribution in [0.25, 0.3) is 0 Å². The van der Waals surface area contributed by atoms with Crippen molar-refractivity contribution in [1.82, 2.24) is 5.32 Å². The standard InChI is InChI=1S/C13H19NO/c1-3-13(8-9-14-13)10-11-4-6-12(15-2)7-5-11/h4-7,14H,3,8-10H2,1-2H3. The van der Waals surface area contributed by atoms with Crippen LogP contribution < -0.4 is 10.1 Å². The van der Waals surface area contributed by atoms with Gasteiger partial charge in [0.15, 0.2) is 0 Å². The van der Waals surface area contributed by atoms with Gasteiger partial charge in [0.05, 0.1) is 7.11 Å². The third-order valence-corrected chi connectivity index (χ3v) is 3.48. The van der Waals surface area contributed by atoms with Crippen LogP contribution in [0.1, 0.15) is 25.3 Å². The van der Waals surface area contributed by atoms with Gasteiger partial charge in [-0.05, 0) is 43.5 Å². The number of methoxy groups -OCH3 is 1. The Bertz CT molecular complexity index is 308. The van der Waals surface area contributed by atoms with Crippen LogP contribution >= 0.6 is 0 Å². The first-order chi connectivity index (χ1) is 7.28. The summed E-state index contributed by atoms with van der Waals surface area (Å²) < 4.78 is 5.15. The number of hydrogen-bond donors (Lipinski definition) is 1. The van der Waals surface area contributed by atoms with Crippen molar-refractivity contribution in [2.75, 3.05) is 13.7 Å². The summed E-state index contributed by atoms with van der Waals surface area (Å²) in [6, 6.07) is 8.40. The zero-order valence-electron chi connectivity index (χ0n) is 9.55. The van der Waals surface area contributed by atoms with E-state index in [-0.39, 0.29) is 0 Å². The molecule has 1 aromatic carbocycles. The average Bonchev–Trinajstić information content (AvgIpc) is 2.24. The lowest BCUT2D eigenvalue weighted by Crippen LogP contribution is -2.57. The fourth-order valence-corrected chi connectivity index (χ4v) is 2.19. The van der Waals surface area contributed by atoms with E-state index in [2.05, 4.69) is 24.4 Å². The van der Waals surface area contributed by atoms with Gasteiger partial charge in [-0.3, -0.25) is 0 Å². The molecule has 2 nitrogen and oxygen atoms in total. The van der Waals surface area contributed by atoms with Crippen molar-refractivity contribution >= 4 is 0 Å². The Hall–Kier alpha value is -1.02. The number of nitrogens with one attached hydrogen (secondary N) is 1. The van der Waals surface area contributed by atoms with Crippen LogP contribution in [0.15, 0.2) is 24.3 Å². The summed E-state index contributed by atoms with van der Waals surface area (Å²) in [5, 5.41) is 3.55. The Kier molecular flexibility index (Phi) is 2.96. The van der Waals surface area contributed by atoms with Gasteiger partial charge in [-0.1, -0.05) is 19.1 Å². The highest BCUT2D eigenvalue weighted by molar-refractivity contribution is 5.28. The third kappa shape index (κ3) is 2.15. The number of hydrogen-bond acceptors (Lipinski definition) is 2. The van der Waals surface area contributed by atoms with E-state index >= 15 is 0 Å². The van der Waals surface area contributed by atoms with Crippen LogP contribution in [0, 0.1) is 0 Å². The topological polar surface area (TPSA) is 21.3 Å². The molecule has 1 unspecified atom stereocenters. The first kappa shape index (κ1) is 10.5. The first-order valence-corrected chi connectivity index (χ1v) is 5.66. The van der Waals surface area contributed by atoms with Crippen LogP contribution in [-0.2, 0) is 6.42 Å². The van der Waals surface area contributed by atoms with Crippen LogP contribution in [0.4, 0.5) is 0 Å². The lowest BCUT2D eigenvalue weighted by atomic mass is 9.80. The second kappa shape index (κ2) is 4.23. The van der Waals surface area contributed by atoms with E-state index < -0.39 is 0 Å². The zero-order chi connectivity index (χ0) is 10.7. The highest BCUT2D eigenvalue weighted by Gasteiger charge is 2.34. The Morgan fingerprint density at radius 2 is 2.00 bits per heavy atom. The SMILES string of the molecule is CCC1(Cc2ccc(OC)cc2)CCN1. The zero-order valence-corrected chi connectivity index (χ0v) is 9.55. The summed E-state index contributed by atoms with van der Waals surface area (Å²) in [6.07, 6.45) is 3.64. The molecule has 1 atom stereocenters. The fraction of sp³-hybridized carbons (Fsp3) is 0.538. The van der Waals surface area contributed by atoms with E-state index in [4.69, 9.17) is 4.74 Å². The lowest BCUT2D eigenvalue weighted by molar-refractivity contribution is 0.198. The second-order valence-corrected chi connectivity index (χ2v) is 4.34. The van der Waals surface area contributed by atoms with Crippen molar-refractivity contribution in [3.8, 4) is 5.75 Å². The molecule has 1 aliphatic heterocycles. The highest BCUT2D eigenvalue weighted by Crippen LogP contribution is 2.27. The van der Waals surface area contributed by atoms with Gasteiger partial charge in [0.2, 0.25) is 0 Å². The molecule has 0 radical (unpaired) electrons. The predicted molar refractivity (Wildman–Crippen MR) is 62.3 cm³/mol. The molecule has 1 saturated heterocycles. The van der Waals surface area contributed by atoms with Crippen LogP contribution in [0.3, 0.4) is 0 Å². The molecule has 15 heavy (non-hydrogen) atoms. The van der Waals surface area contributed by atoms with Gasteiger partial charge in [0, 0.05) is 5.54 Å². The Morgan fingerprint density at radius 1 is 1.33 bits per heavy atom. The average molecular weight is 205 g/mol. The number of ether oxygens (including phenoxy) is 1. The number of benzene rings is 1. The molecular weight excluding hydrogens is 186 g/mol. The van der Waals surface area contributed by atoms with Crippen LogP contribution in [0.2, 0.25) is 0 Å². The molecule has 0 spiro atoms. The second-order valence-electron chi connectivity index (χ2n) is 4.34. The smallest absolute Gasteiger partial charge is 0.118 e. The van der Waals surface area contributed by atoms with Gasteiger partial charge in [0.25, 0.3) is 0 Å². The molecule has 1 heterocycles. The fourth-order valence-electron chi connectivity index (χ4n) is 2.19. The van der Waals surface area contributed by atoms with Gasteiger partial charge in [-0.15, -0.1) is 0 Å². The van der Waals surface area contributed by atoms with Gasteiger partial charge >= 0.3 is 0 Å². The van der Waals surface area contributed by atoms with Gasteiger partial charge in [-0.2, -0.15) is 0 Å². The minimum Gasteiger partial charge on any atom is -0.497 e. The van der Waals surface area contributed by atoms with Crippen molar-refractivity contribution in [3.63, 3.8) is 0 Å². The molecule has 1 fully saturated rings. The molecular formula is C13H19NO. The monoisotopic (exact) mass is 205 g/mol.